The smallest absolute Gasteiger partial charge is 0.339 e. The summed E-state index contributed by atoms with van der Waals surface area (Å²) in [5, 5.41) is 0.958. The first-order valence-electron chi connectivity index (χ1n) is 7.23. The lowest BCUT2D eigenvalue weighted by Crippen LogP contribution is -2.08. The summed E-state index contributed by atoms with van der Waals surface area (Å²) in [5.41, 5.74) is 2.04. The van der Waals surface area contributed by atoms with Crippen molar-refractivity contribution >= 4 is 16.9 Å². The number of carbonyl (C=O) groups is 1. The number of benzene rings is 1. The molecule has 0 aliphatic heterocycles. The highest BCUT2D eigenvalue weighted by Crippen LogP contribution is 2.32. The minimum absolute atomic E-state index is 0.106. The van der Waals surface area contributed by atoms with Gasteiger partial charge in [-0.2, -0.15) is 0 Å². The number of aromatic nitrogens is 1. The molecule has 0 aliphatic rings. The molecular weight excluding hydrogens is 294 g/mol. The first-order valence-corrected chi connectivity index (χ1v) is 7.23. The lowest BCUT2D eigenvalue weighted by molar-refractivity contribution is 0.0598. The molecule has 0 spiro atoms. The summed E-state index contributed by atoms with van der Waals surface area (Å²) in [6.07, 6.45) is 3.17. The number of esters is 1. The molecule has 23 heavy (non-hydrogen) atoms. The average molecular weight is 311 g/mol. The van der Waals surface area contributed by atoms with Crippen LogP contribution in [0, 0.1) is 0 Å². The topological polar surface area (TPSA) is 61.6 Å². The molecule has 0 N–H and O–H groups in total. The van der Waals surface area contributed by atoms with Crippen LogP contribution in [0.3, 0.4) is 0 Å². The number of fused-ring (bicyclic) bond motifs is 1. The van der Waals surface area contributed by atoms with Gasteiger partial charge < -0.3 is 13.9 Å². The molecule has 1 unspecified atom stereocenters. The van der Waals surface area contributed by atoms with E-state index in [0.717, 1.165) is 28.0 Å². The maximum Gasteiger partial charge on any atom is 0.339 e. The number of carbonyl (C=O) groups excluding carboxylic acids is 1. The maximum absolute atomic E-state index is 11.9. The van der Waals surface area contributed by atoms with E-state index in [4.69, 9.17) is 13.9 Å². The van der Waals surface area contributed by atoms with Gasteiger partial charge in [0.05, 0.1) is 19.8 Å². The fourth-order valence-corrected chi connectivity index (χ4v) is 2.60. The SMILES string of the molecule is COC(=O)c1cnccc1C(C)c1cc2cc(OC)ccc2o1. The van der Waals surface area contributed by atoms with E-state index in [9.17, 15) is 4.79 Å². The van der Waals surface area contributed by atoms with Gasteiger partial charge in [0, 0.05) is 23.7 Å². The molecule has 0 aliphatic carbocycles. The molecule has 0 fully saturated rings. The van der Waals surface area contributed by atoms with Crippen LogP contribution in [0.2, 0.25) is 0 Å². The number of nitrogens with zero attached hydrogens (tertiary/aromatic N) is 1. The Labute approximate surface area is 133 Å². The van der Waals surface area contributed by atoms with E-state index < -0.39 is 5.97 Å². The van der Waals surface area contributed by atoms with Crippen LogP contribution in [-0.4, -0.2) is 25.2 Å². The molecule has 0 bridgehead atoms. The third-order valence-electron chi connectivity index (χ3n) is 3.90. The number of rotatable bonds is 4. The Hall–Kier alpha value is -2.82. The van der Waals surface area contributed by atoms with Crippen LogP contribution < -0.4 is 4.74 Å². The highest BCUT2D eigenvalue weighted by atomic mass is 16.5. The van der Waals surface area contributed by atoms with Gasteiger partial charge in [0.25, 0.3) is 0 Å². The van der Waals surface area contributed by atoms with Crippen LogP contribution in [0.4, 0.5) is 0 Å². The van der Waals surface area contributed by atoms with Crippen LogP contribution in [-0.2, 0) is 4.74 Å². The van der Waals surface area contributed by atoms with Crippen LogP contribution in [0.15, 0.2) is 47.1 Å². The summed E-state index contributed by atoms with van der Waals surface area (Å²) in [4.78, 5) is 15.9. The summed E-state index contributed by atoms with van der Waals surface area (Å²) >= 11 is 0. The average Bonchev–Trinajstić information content (AvgIpc) is 3.03. The lowest BCUT2D eigenvalue weighted by Gasteiger charge is -2.12. The van der Waals surface area contributed by atoms with E-state index >= 15 is 0 Å². The summed E-state index contributed by atoms with van der Waals surface area (Å²) in [6, 6.07) is 9.42. The molecule has 3 rings (SSSR count). The van der Waals surface area contributed by atoms with Crippen molar-refractivity contribution in [2.75, 3.05) is 14.2 Å². The second-order valence-electron chi connectivity index (χ2n) is 5.23. The van der Waals surface area contributed by atoms with Gasteiger partial charge in [-0.25, -0.2) is 4.79 Å². The number of furan rings is 1. The predicted molar refractivity (Wildman–Crippen MR) is 85.9 cm³/mol. The van der Waals surface area contributed by atoms with Gasteiger partial charge in [-0.1, -0.05) is 6.92 Å². The third kappa shape index (κ3) is 2.77. The standard InChI is InChI=1S/C18H17NO4/c1-11(14-6-7-19-10-15(14)18(20)22-3)17-9-12-8-13(21-2)4-5-16(12)23-17/h4-11H,1-3H3. The molecule has 2 aromatic heterocycles. The van der Waals surface area contributed by atoms with Crippen molar-refractivity contribution in [2.45, 2.75) is 12.8 Å². The fourth-order valence-electron chi connectivity index (χ4n) is 2.60. The minimum Gasteiger partial charge on any atom is -0.497 e. The first kappa shape index (κ1) is 15.1. The van der Waals surface area contributed by atoms with E-state index in [2.05, 4.69) is 4.98 Å². The molecule has 1 atom stereocenters. The molecule has 0 saturated heterocycles. The molecule has 0 saturated carbocycles. The molecule has 118 valence electrons. The number of methoxy groups -OCH3 is 2. The van der Waals surface area contributed by atoms with Gasteiger partial charge >= 0.3 is 5.97 Å². The van der Waals surface area contributed by atoms with Crippen molar-refractivity contribution in [1.29, 1.82) is 0 Å². The zero-order valence-electron chi connectivity index (χ0n) is 13.2. The summed E-state index contributed by atoms with van der Waals surface area (Å²) in [6.45, 7) is 1.98. The Morgan fingerprint density at radius 1 is 1.22 bits per heavy atom. The Morgan fingerprint density at radius 2 is 2.04 bits per heavy atom. The normalized spacial score (nSPS) is 12.1. The molecular formula is C18H17NO4. The Bertz CT molecular complexity index is 853. The Kier molecular flexibility index (Phi) is 4.02. The van der Waals surface area contributed by atoms with E-state index in [0.29, 0.717) is 5.56 Å². The highest BCUT2D eigenvalue weighted by Gasteiger charge is 2.21. The number of hydrogen-bond donors (Lipinski definition) is 0. The third-order valence-corrected chi connectivity index (χ3v) is 3.90. The van der Waals surface area contributed by atoms with Crippen molar-refractivity contribution in [3.05, 3.63) is 59.6 Å². The van der Waals surface area contributed by atoms with Gasteiger partial charge in [0.2, 0.25) is 0 Å². The Morgan fingerprint density at radius 3 is 2.78 bits per heavy atom. The van der Waals surface area contributed by atoms with Gasteiger partial charge in [-0.05, 0) is 35.9 Å². The highest BCUT2D eigenvalue weighted by molar-refractivity contribution is 5.91. The first-order chi connectivity index (χ1) is 11.1. The van der Waals surface area contributed by atoms with E-state index in [1.807, 2.05) is 37.3 Å². The van der Waals surface area contributed by atoms with Crippen LogP contribution in [0.5, 0.6) is 5.75 Å². The van der Waals surface area contributed by atoms with Gasteiger partial charge in [-0.3, -0.25) is 4.98 Å². The minimum atomic E-state index is -0.405. The van der Waals surface area contributed by atoms with Crippen molar-refractivity contribution in [1.82, 2.24) is 4.98 Å². The summed E-state index contributed by atoms with van der Waals surface area (Å²) in [7, 11) is 2.99. The van der Waals surface area contributed by atoms with E-state index in [-0.39, 0.29) is 5.92 Å². The molecule has 2 heterocycles. The second-order valence-corrected chi connectivity index (χ2v) is 5.23. The number of pyridine rings is 1. The largest absolute Gasteiger partial charge is 0.497 e. The van der Waals surface area contributed by atoms with Crippen molar-refractivity contribution in [3.8, 4) is 5.75 Å². The number of ether oxygens (including phenoxy) is 2. The van der Waals surface area contributed by atoms with Crippen LogP contribution in [0.1, 0.15) is 34.5 Å². The van der Waals surface area contributed by atoms with Crippen molar-refractivity contribution in [3.63, 3.8) is 0 Å². The molecule has 1 aromatic carbocycles. The monoisotopic (exact) mass is 311 g/mol. The molecule has 5 nitrogen and oxygen atoms in total. The zero-order valence-corrected chi connectivity index (χ0v) is 13.2. The maximum atomic E-state index is 11.9. The summed E-state index contributed by atoms with van der Waals surface area (Å²) in [5.74, 6) is 1.03. The van der Waals surface area contributed by atoms with Gasteiger partial charge in [0.15, 0.2) is 0 Å². The van der Waals surface area contributed by atoms with Crippen LogP contribution >= 0.6 is 0 Å². The van der Waals surface area contributed by atoms with Crippen LogP contribution in [0.25, 0.3) is 11.0 Å². The fraction of sp³-hybridized carbons (Fsp3) is 0.222. The lowest BCUT2D eigenvalue weighted by atomic mass is 9.95. The number of hydrogen-bond acceptors (Lipinski definition) is 5. The summed E-state index contributed by atoms with van der Waals surface area (Å²) < 4.78 is 16.0. The second kappa shape index (κ2) is 6.12. The van der Waals surface area contributed by atoms with Gasteiger partial charge in [-0.15, -0.1) is 0 Å². The molecule has 0 radical (unpaired) electrons. The predicted octanol–water partition coefficient (Wildman–Crippen LogP) is 3.77. The zero-order chi connectivity index (χ0) is 16.4. The molecule has 0 amide bonds. The molecule has 5 heteroatoms. The van der Waals surface area contributed by atoms with E-state index in [1.165, 1.54) is 13.3 Å². The van der Waals surface area contributed by atoms with Gasteiger partial charge in [0.1, 0.15) is 17.1 Å². The quantitative estimate of drug-likeness (QED) is 0.686. The Balaban J connectivity index is 2.03. The van der Waals surface area contributed by atoms with E-state index in [1.54, 1.807) is 13.3 Å². The molecule has 3 aromatic rings. The van der Waals surface area contributed by atoms with Crippen molar-refractivity contribution < 1.29 is 18.7 Å². The van der Waals surface area contributed by atoms with Crippen molar-refractivity contribution in [2.24, 2.45) is 0 Å².